The quantitative estimate of drug-likeness (QED) is 0.726. The minimum atomic E-state index is 0.0845. The fraction of sp³-hybridized carbons (Fsp3) is 0.125. The van der Waals surface area contributed by atoms with E-state index in [2.05, 4.69) is 26.8 Å². The molecule has 1 radical (unpaired) electrons. The second-order valence-electron chi connectivity index (χ2n) is 2.53. The van der Waals surface area contributed by atoms with Gasteiger partial charge in [0.1, 0.15) is 0 Å². The number of ketones is 1. The summed E-state index contributed by atoms with van der Waals surface area (Å²) in [6, 6.07) is 5.47. The molecule has 0 amide bonds. The van der Waals surface area contributed by atoms with Crippen LogP contribution in [0.3, 0.4) is 0 Å². The van der Waals surface area contributed by atoms with Crippen LogP contribution in [0.5, 0.6) is 0 Å². The molecule has 1 aromatic rings. The van der Waals surface area contributed by atoms with E-state index in [1.807, 2.05) is 12.1 Å². The lowest BCUT2D eigenvalue weighted by atomic mass is 10.1. The van der Waals surface area contributed by atoms with Crippen molar-refractivity contribution in [3.63, 3.8) is 0 Å². The van der Waals surface area contributed by atoms with Gasteiger partial charge in [0.25, 0.3) is 0 Å². The summed E-state index contributed by atoms with van der Waals surface area (Å²) in [5.41, 5.74) is 8.06. The van der Waals surface area contributed by atoms with E-state index in [0.717, 1.165) is 10.2 Å². The van der Waals surface area contributed by atoms with Crippen LogP contribution in [0.4, 0.5) is 5.69 Å². The van der Waals surface area contributed by atoms with Gasteiger partial charge in [0.05, 0.1) is 12.2 Å². The standard InChI is InChI=1S/C8H6BrN2O/c9-5-1-2-7-6(3-5)8(12)4-10-11-7/h1-3,10H,4H2. The summed E-state index contributed by atoms with van der Waals surface area (Å²) in [5, 5.41) is 0. The molecule has 0 atom stereocenters. The Bertz CT molecular complexity index is 338. The van der Waals surface area contributed by atoms with Gasteiger partial charge in [0, 0.05) is 10.0 Å². The molecule has 0 saturated carbocycles. The molecule has 3 nitrogen and oxygen atoms in total. The molecule has 12 heavy (non-hydrogen) atoms. The van der Waals surface area contributed by atoms with Gasteiger partial charge in [0.2, 0.25) is 0 Å². The number of rotatable bonds is 0. The second kappa shape index (κ2) is 2.88. The van der Waals surface area contributed by atoms with Gasteiger partial charge in [0.15, 0.2) is 5.78 Å². The number of hydrogen-bond acceptors (Lipinski definition) is 2. The zero-order chi connectivity index (χ0) is 8.55. The van der Waals surface area contributed by atoms with Crippen molar-refractivity contribution in [3.05, 3.63) is 28.2 Å². The zero-order valence-corrected chi connectivity index (χ0v) is 7.76. The minimum absolute atomic E-state index is 0.0845. The molecule has 0 aliphatic carbocycles. The second-order valence-corrected chi connectivity index (χ2v) is 3.45. The van der Waals surface area contributed by atoms with E-state index in [1.165, 1.54) is 0 Å². The lowest BCUT2D eigenvalue weighted by molar-refractivity contribution is 0.0980. The summed E-state index contributed by atoms with van der Waals surface area (Å²) >= 11 is 3.30. The number of carbonyl (C=O) groups excluding carboxylic acids is 1. The number of Topliss-reactive ketones (excluding diaryl/α,β-unsaturated/α-hetero) is 1. The Morgan fingerprint density at radius 2 is 2.33 bits per heavy atom. The van der Waals surface area contributed by atoms with Crippen molar-refractivity contribution in [2.45, 2.75) is 0 Å². The first-order valence-corrected chi connectivity index (χ1v) is 4.33. The van der Waals surface area contributed by atoms with Crippen molar-refractivity contribution in [1.82, 2.24) is 10.9 Å². The first-order chi connectivity index (χ1) is 5.77. The molecule has 0 unspecified atom stereocenters. The van der Waals surface area contributed by atoms with Crippen LogP contribution in [0.15, 0.2) is 22.7 Å². The Balaban J connectivity index is 2.54. The molecule has 1 aromatic carbocycles. The topological polar surface area (TPSA) is 43.2 Å². The predicted molar refractivity (Wildman–Crippen MR) is 48.3 cm³/mol. The molecule has 2 rings (SSSR count). The highest BCUT2D eigenvalue weighted by atomic mass is 79.9. The minimum Gasteiger partial charge on any atom is -0.293 e. The molecular formula is C8H6BrN2O. The van der Waals surface area contributed by atoms with Crippen molar-refractivity contribution >= 4 is 27.4 Å². The number of nitrogens with one attached hydrogen (secondary N) is 1. The summed E-state index contributed by atoms with van der Waals surface area (Å²) in [6.07, 6.45) is 0. The summed E-state index contributed by atoms with van der Waals surface area (Å²) in [6.45, 7) is 0.295. The Hall–Kier alpha value is -0.870. The fourth-order valence-electron chi connectivity index (χ4n) is 1.12. The highest BCUT2D eigenvalue weighted by Crippen LogP contribution is 2.22. The largest absolute Gasteiger partial charge is 0.293 e. The Labute approximate surface area is 78.3 Å². The highest BCUT2D eigenvalue weighted by Gasteiger charge is 2.17. The van der Waals surface area contributed by atoms with E-state index in [4.69, 9.17) is 0 Å². The first kappa shape index (κ1) is 7.76. The smallest absolute Gasteiger partial charge is 0.180 e. The molecule has 61 valence electrons. The Morgan fingerprint density at radius 1 is 1.50 bits per heavy atom. The number of halogens is 1. The number of fused-ring (bicyclic) bond motifs is 1. The van der Waals surface area contributed by atoms with Gasteiger partial charge in [-0.05, 0) is 18.2 Å². The van der Waals surface area contributed by atoms with E-state index in [9.17, 15) is 4.79 Å². The van der Waals surface area contributed by atoms with Gasteiger partial charge in [-0.3, -0.25) is 4.79 Å². The Morgan fingerprint density at radius 3 is 3.17 bits per heavy atom. The molecule has 0 spiro atoms. The third-order valence-electron chi connectivity index (χ3n) is 1.70. The van der Waals surface area contributed by atoms with Gasteiger partial charge >= 0.3 is 0 Å². The summed E-state index contributed by atoms with van der Waals surface area (Å²) in [5.74, 6) is 0.0845. The van der Waals surface area contributed by atoms with E-state index in [1.54, 1.807) is 6.07 Å². The summed E-state index contributed by atoms with van der Waals surface area (Å²) in [7, 11) is 0. The van der Waals surface area contributed by atoms with Crippen LogP contribution in [0, 0.1) is 0 Å². The van der Waals surface area contributed by atoms with Crippen LogP contribution in [0.2, 0.25) is 0 Å². The molecule has 4 heteroatoms. The van der Waals surface area contributed by atoms with Gasteiger partial charge in [-0.2, -0.15) is 0 Å². The van der Waals surface area contributed by atoms with Crippen LogP contribution in [0.25, 0.3) is 0 Å². The molecule has 1 heterocycles. The number of nitrogens with zero attached hydrogens (tertiary/aromatic N) is 1. The van der Waals surface area contributed by atoms with Crippen molar-refractivity contribution in [2.24, 2.45) is 0 Å². The summed E-state index contributed by atoms with van der Waals surface area (Å²) in [4.78, 5) is 11.3. The molecule has 0 aromatic heterocycles. The fourth-order valence-corrected chi connectivity index (χ4v) is 1.48. The van der Waals surface area contributed by atoms with E-state index >= 15 is 0 Å². The van der Waals surface area contributed by atoms with Crippen molar-refractivity contribution in [1.29, 1.82) is 0 Å². The van der Waals surface area contributed by atoms with Crippen molar-refractivity contribution < 1.29 is 4.79 Å². The molecule has 1 aliphatic heterocycles. The lowest BCUT2D eigenvalue weighted by Crippen LogP contribution is -2.33. The van der Waals surface area contributed by atoms with Crippen LogP contribution in [-0.2, 0) is 0 Å². The molecule has 0 bridgehead atoms. The molecule has 0 saturated heterocycles. The first-order valence-electron chi connectivity index (χ1n) is 3.54. The van der Waals surface area contributed by atoms with Crippen LogP contribution < -0.4 is 10.9 Å². The van der Waals surface area contributed by atoms with Gasteiger partial charge in [-0.1, -0.05) is 15.9 Å². The molecule has 0 fully saturated rings. The molecule has 1 aliphatic rings. The van der Waals surface area contributed by atoms with E-state index < -0.39 is 0 Å². The maximum Gasteiger partial charge on any atom is 0.180 e. The van der Waals surface area contributed by atoms with Crippen molar-refractivity contribution in [3.8, 4) is 0 Å². The van der Waals surface area contributed by atoms with Gasteiger partial charge < -0.3 is 0 Å². The van der Waals surface area contributed by atoms with Crippen LogP contribution in [-0.4, -0.2) is 12.3 Å². The molecular weight excluding hydrogens is 220 g/mol. The van der Waals surface area contributed by atoms with Gasteiger partial charge in [-0.25, -0.2) is 10.9 Å². The van der Waals surface area contributed by atoms with Crippen LogP contribution in [0.1, 0.15) is 10.4 Å². The number of carbonyl (C=O) groups is 1. The third kappa shape index (κ3) is 1.23. The molecule has 1 N–H and O–H groups in total. The maximum absolute atomic E-state index is 11.3. The normalized spacial score (nSPS) is 15.2. The lowest BCUT2D eigenvalue weighted by Gasteiger charge is -2.14. The summed E-state index contributed by atoms with van der Waals surface area (Å²) < 4.78 is 0.909. The monoisotopic (exact) mass is 225 g/mol. The Kier molecular flexibility index (Phi) is 1.86. The third-order valence-corrected chi connectivity index (χ3v) is 2.19. The van der Waals surface area contributed by atoms with Crippen LogP contribution >= 0.6 is 15.9 Å². The van der Waals surface area contributed by atoms with Crippen molar-refractivity contribution in [2.75, 3.05) is 6.54 Å². The average Bonchev–Trinajstić information content (AvgIpc) is 2.07. The highest BCUT2D eigenvalue weighted by molar-refractivity contribution is 9.10. The maximum atomic E-state index is 11.3. The number of benzene rings is 1. The SMILES string of the molecule is O=C1CN[N]c2ccc(Br)cc21. The van der Waals surface area contributed by atoms with Gasteiger partial charge in [-0.15, -0.1) is 0 Å². The van der Waals surface area contributed by atoms with E-state index in [0.29, 0.717) is 12.1 Å². The number of hydrogen-bond donors (Lipinski definition) is 1. The van der Waals surface area contributed by atoms with E-state index in [-0.39, 0.29) is 5.78 Å². The average molecular weight is 226 g/mol. The zero-order valence-electron chi connectivity index (χ0n) is 6.17. The predicted octanol–water partition coefficient (Wildman–Crippen LogP) is 1.39.